The van der Waals surface area contributed by atoms with Gasteiger partial charge in [-0.05, 0) is 49.2 Å². The average Bonchev–Trinajstić information content (AvgIpc) is 2.55. The molecule has 0 aliphatic rings. The highest BCUT2D eigenvalue weighted by Crippen LogP contribution is 2.08. The van der Waals surface area contributed by atoms with Crippen LogP contribution in [0.5, 0.6) is 0 Å². The van der Waals surface area contributed by atoms with Crippen molar-refractivity contribution in [3.63, 3.8) is 0 Å². The van der Waals surface area contributed by atoms with Gasteiger partial charge in [-0.25, -0.2) is 0 Å². The van der Waals surface area contributed by atoms with E-state index in [0.29, 0.717) is 0 Å². The molecule has 0 saturated heterocycles. The van der Waals surface area contributed by atoms with Crippen LogP contribution in [-0.2, 0) is 0 Å². The van der Waals surface area contributed by atoms with E-state index in [4.69, 9.17) is 10.8 Å². The molecule has 0 aromatic heterocycles. The molecule has 0 unspecified atom stereocenters. The molecule has 2 nitrogen and oxygen atoms in total. The van der Waals surface area contributed by atoms with Crippen molar-refractivity contribution in [2.24, 2.45) is 0 Å². The number of unbranched alkanes of at least 4 members (excludes halogenated alkanes) is 2. The number of aliphatic hydroxyl groups is 1. The fourth-order valence-electron chi connectivity index (χ4n) is 1.89. The van der Waals surface area contributed by atoms with E-state index in [1.165, 1.54) is 0 Å². The highest BCUT2D eigenvalue weighted by Gasteiger charge is 1.94. The highest BCUT2D eigenvalue weighted by atomic mass is 16.2. The van der Waals surface area contributed by atoms with Crippen LogP contribution in [0.2, 0.25) is 0 Å². The van der Waals surface area contributed by atoms with Gasteiger partial charge in [0.2, 0.25) is 0 Å². The molecule has 0 heterocycles. The number of aliphatic hydroxyl groups excluding tert-OH is 1. The van der Waals surface area contributed by atoms with Gasteiger partial charge in [0.1, 0.15) is 0 Å². The second kappa shape index (κ2) is 8.57. The Kier molecular flexibility index (Phi) is 6.12. The van der Waals surface area contributed by atoms with Gasteiger partial charge in [-0.2, -0.15) is 0 Å². The smallest absolute Gasteiger partial charge is 0.0431 e. The largest absolute Gasteiger partial charge is 0.399 e. The lowest BCUT2D eigenvalue weighted by Crippen LogP contribution is -1.85. The van der Waals surface area contributed by atoms with Crippen molar-refractivity contribution in [2.45, 2.75) is 19.3 Å². The predicted molar refractivity (Wildman–Crippen MR) is 91.1 cm³/mol. The van der Waals surface area contributed by atoms with Crippen LogP contribution >= 0.6 is 0 Å². The summed E-state index contributed by atoms with van der Waals surface area (Å²) < 4.78 is 0. The van der Waals surface area contributed by atoms with E-state index < -0.39 is 0 Å². The predicted octanol–water partition coefficient (Wildman–Crippen LogP) is 3.18. The second-order valence-electron chi connectivity index (χ2n) is 4.90. The van der Waals surface area contributed by atoms with Gasteiger partial charge in [0.25, 0.3) is 0 Å². The molecule has 0 aliphatic carbocycles. The molecule has 2 rings (SSSR count). The third-order valence-corrected chi connectivity index (χ3v) is 3.11. The third-order valence-electron chi connectivity index (χ3n) is 3.11. The van der Waals surface area contributed by atoms with Crippen LogP contribution in [0.3, 0.4) is 0 Å². The maximum absolute atomic E-state index is 8.75. The van der Waals surface area contributed by atoms with Crippen molar-refractivity contribution in [1.29, 1.82) is 0 Å². The van der Waals surface area contributed by atoms with Crippen molar-refractivity contribution in [3.8, 4) is 23.7 Å². The van der Waals surface area contributed by atoms with Gasteiger partial charge in [-0.3, -0.25) is 0 Å². The lowest BCUT2D eigenvalue weighted by Gasteiger charge is -1.96. The Balaban J connectivity index is 2.13. The summed E-state index contributed by atoms with van der Waals surface area (Å²) in [5.41, 5.74) is 9.20. The lowest BCUT2D eigenvalue weighted by molar-refractivity contribution is 0.285. The first-order valence-corrected chi connectivity index (χ1v) is 7.36. The topological polar surface area (TPSA) is 46.2 Å². The van der Waals surface area contributed by atoms with E-state index in [2.05, 4.69) is 23.7 Å². The first kappa shape index (κ1) is 15.7. The van der Waals surface area contributed by atoms with Crippen LogP contribution in [0.4, 0.5) is 5.69 Å². The number of nitrogen functional groups attached to an aromatic ring is 1. The molecule has 2 aromatic rings. The zero-order valence-corrected chi connectivity index (χ0v) is 12.5. The third kappa shape index (κ3) is 5.02. The van der Waals surface area contributed by atoms with E-state index in [1.807, 2.05) is 48.5 Å². The van der Waals surface area contributed by atoms with Crippen LogP contribution in [0.15, 0.2) is 48.5 Å². The zero-order valence-electron chi connectivity index (χ0n) is 12.5. The fourth-order valence-corrected chi connectivity index (χ4v) is 1.89. The Bertz CT molecular complexity index is 724. The van der Waals surface area contributed by atoms with E-state index in [0.717, 1.165) is 41.6 Å². The molecule has 0 amide bonds. The van der Waals surface area contributed by atoms with Gasteiger partial charge < -0.3 is 10.8 Å². The number of benzene rings is 2. The summed E-state index contributed by atoms with van der Waals surface area (Å²) in [6.07, 6.45) is 2.51. The lowest BCUT2D eigenvalue weighted by atomic mass is 10.1. The summed E-state index contributed by atoms with van der Waals surface area (Å²) in [5.74, 6) is 12.6. The van der Waals surface area contributed by atoms with E-state index in [9.17, 15) is 0 Å². The van der Waals surface area contributed by atoms with Crippen LogP contribution in [0.25, 0.3) is 0 Å². The van der Waals surface area contributed by atoms with E-state index in [-0.39, 0.29) is 6.61 Å². The molecule has 110 valence electrons. The molecule has 0 spiro atoms. The minimum atomic E-state index is 0.228. The van der Waals surface area contributed by atoms with Crippen LogP contribution in [0.1, 0.15) is 36.0 Å². The van der Waals surface area contributed by atoms with Gasteiger partial charge in [-0.15, -0.1) is 0 Å². The van der Waals surface area contributed by atoms with Crippen LogP contribution < -0.4 is 5.73 Å². The van der Waals surface area contributed by atoms with Crippen molar-refractivity contribution < 1.29 is 5.11 Å². The Hall–Kier alpha value is -2.68. The minimum absolute atomic E-state index is 0.228. The molecule has 0 saturated carbocycles. The summed E-state index contributed by atoms with van der Waals surface area (Å²) in [5, 5.41) is 8.75. The van der Waals surface area contributed by atoms with Crippen molar-refractivity contribution in [1.82, 2.24) is 0 Å². The quantitative estimate of drug-likeness (QED) is 0.518. The average molecular weight is 289 g/mol. The molecule has 0 radical (unpaired) electrons. The first-order chi connectivity index (χ1) is 10.8. The Morgan fingerprint density at radius 1 is 0.818 bits per heavy atom. The summed E-state index contributed by atoms with van der Waals surface area (Å²) in [6.45, 7) is 0.228. The van der Waals surface area contributed by atoms with Crippen molar-refractivity contribution in [2.75, 3.05) is 12.3 Å². The SMILES string of the molecule is Nc1ccc(C#Cc2ccccc2C#CCCCCO)cc1. The van der Waals surface area contributed by atoms with E-state index in [1.54, 1.807) is 0 Å². The van der Waals surface area contributed by atoms with Gasteiger partial charge >= 0.3 is 0 Å². The van der Waals surface area contributed by atoms with Crippen LogP contribution in [0, 0.1) is 23.7 Å². The Morgan fingerprint density at radius 2 is 1.50 bits per heavy atom. The summed E-state index contributed by atoms with van der Waals surface area (Å²) in [4.78, 5) is 0. The van der Waals surface area contributed by atoms with Gasteiger partial charge in [0, 0.05) is 35.4 Å². The number of hydrogen-bond donors (Lipinski definition) is 2. The summed E-state index contributed by atoms with van der Waals surface area (Å²) >= 11 is 0. The molecule has 0 atom stereocenters. The molecule has 0 fully saturated rings. The van der Waals surface area contributed by atoms with E-state index >= 15 is 0 Å². The number of hydrogen-bond acceptors (Lipinski definition) is 2. The Labute approximate surface area is 132 Å². The molecular weight excluding hydrogens is 270 g/mol. The maximum atomic E-state index is 8.75. The summed E-state index contributed by atoms with van der Waals surface area (Å²) in [6, 6.07) is 15.4. The zero-order chi connectivity index (χ0) is 15.6. The van der Waals surface area contributed by atoms with Crippen LogP contribution in [-0.4, -0.2) is 11.7 Å². The first-order valence-electron chi connectivity index (χ1n) is 7.36. The molecule has 2 heteroatoms. The number of rotatable bonds is 3. The standard InChI is InChI=1S/C20H19NO/c21-20-14-11-17(12-15-20)10-13-19-9-5-4-8-18(19)7-3-1-2-6-16-22/h4-5,8-9,11-12,14-15,22H,1-2,6,16,21H2. The highest BCUT2D eigenvalue weighted by molar-refractivity contribution is 5.53. The second-order valence-corrected chi connectivity index (χ2v) is 4.90. The van der Waals surface area contributed by atoms with Gasteiger partial charge in [0.05, 0.1) is 0 Å². The molecule has 3 N–H and O–H groups in total. The van der Waals surface area contributed by atoms with Crippen molar-refractivity contribution in [3.05, 3.63) is 65.2 Å². The maximum Gasteiger partial charge on any atom is 0.0431 e. The fraction of sp³-hybridized carbons (Fsp3) is 0.200. The monoisotopic (exact) mass is 289 g/mol. The Morgan fingerprint density at radius 3 is 2.18 bits per heavy atom. The minimum Gasteiger partial charge on any atom is -0.399 e. The number of anilines is 1. The molecular formula is C20H19NO. The van der Waals surface area contributed by atoms with Gasteiger partial charge in [0.15, 0.2) is 0 Å². The summed E-state index contributed by atoms with van der Waals surface area (Å²) in [7, 11) is 0. The number of nitrogens with two attached hydrogens (primary N) is 1. The normalized spacial score (nSPS) is 9.32. The molecule has 22 heavy (non-hydrogen) atoms. The molecule has 0 aliphatic heterocycles. The molecule has 0 bridgehead atoms. The van der Waals surface area contributed by atoms with Gasteiger partial charge in [-0.1, -0.05) is 35.8 Å². The van der Waals surface area contributed by atoms with Crippen molar-refractivity contribution >= 4 is 5.69 Å². The molecule has 2 aromatic carbocycles.